The number of hydrogen-bond acceptors (Lipinski definition) is 3. The number of carbonyl (C=O) groups is 1. The molecule has 3 heterocycles. The lowest BCUT2D eigenvalue weighted by Gasteiger charge is -2.20. The predicted octanol–water partition coefficient (Wildman–Crippen LogP) is 3.30. The van der Waals surface area contributed by atoms with Crippen LogP contribution in [0.2, 0.25) is 0 Å². The summed E-state index contributed by atoms with van der Waals surface area (Å²) in [6, 6.07) is 9.46. The summed E-state index contributed by atoms with van der Waals surface area (Å²) in [5.41, 5.74) is 2.88. The zero-order valence-corrected chi connectivity index (χ0v) is 15.2. The van der Waals surface area contributed by atoms with E-state index in [-0.39, 0.29) is 5.91 Å². The molecule has 2 saturated heterocycles. The van der Waals surface area contributed by atoms with Crippen LogP contribution in [0.25, 0.3) is 10.9 Å². The van der Waals surface area contributed by atoms with Gasteiger partial charge < -0.3 is 15.2 Å². The maximum absolute atomic E-state index is 12.6. The Morgan fingerprint density at radius 3 is 2.72 bits per heavy atom. The molecule has 0 aliphatic carbocycles. The molecule has 5 heteroatoms. The number of fused-ring (bicyclic) bond motifs is 1. The molecule has 134 valence electrons. The smallest absolute Gasteiger partial charge is 0.270 e. The molecule has 1 aromatic carbocycles. The molecule has 0 radical (unpaired) electrons. The van der Waals surface area contributed by atoms with Crippen molar-refractivity contribution in [2.24, 2.45) is 0 Å². The van der Waals surface area contributed by atoms with Gasteiger partial charge >= 0.3 is 0 Å². The van der Waals surface area contributed by atoms with Crippen LogP contribution in [0.4, 0.5) is 5.69 Å². The van der Waals surface area contributed by atoms with Gasteiger partial charge in [0.05, 0.1) is 0 Å². The molecule has 0 bridgehead atoms. The van der Waals surface area contributed by atoms with Crippen LogP contribution in [0.1, 0.15) is 43.6 Å². The average molecular weight is 340 g/mol. The minimum atomic E-state index is 0.131. The van der Waals surface area contributed by atoms with Crippen molar-refractivity contribution in [2.75, 3.05) is 31.5 Å². The molecule has 2 aromatic rings. The SMILES string of the molecule is CC(C)N1CCC(Nc2ccc3[nH]c(C(=O)N4CCCC4)cc3c2)C1. The zero-order valence-electron chi connectivity index (χ0n) is 15.2. The molecule has 5 nitrogen and oxygen atoms in total. The molecule has 1 aromatic heterocycles. The highest BCUT2D eigenvalue weighted by Gasteiger charge is 2.24. The monoisotopic (exact) mass is 340 g/mol. The van der Waals surface area contributed by atoms with Crippen molar-refractivity contribution in [3.63, 3.8) is 0 Å². The lowest BCUT2D eigenvalue weighted by molar-refractivity contribution is 0.0788. The Balaban J connectivity index is 1.48. The maximum atomic E-state index is 12.6. The minimum absolute atomic E-state index is 0.131. The van der Waals surface area contributed by atoms with Gasteiger partial charge in [-0.2, -0.15) is 0 Å². The van der Waals surface area contributed by atoms with Gasteiger partial charge in [0.2, 0.25) is 0 Å². The first kappa shape index (κ1) is 16.5. The summed E-state index contributed by atoms with van der Waals surface area (Å²) in [6.45, 7) is 8.54. The van der Waals surface area contributed by atoms with Gasteiger partial charge in [0.15, 0.2) is 0 Å². The number of hydrogen-bond donors (Lipinski definition) is 2. The van der Waals surface area contributed by atoms with Crippen LogP contribution >= 0.6 is 0 Å². The Morgan fingerprint density at radius 1 is 1.20 bits per heavy atom. The number of benzene rings is 1. The second kappa shape index (κ2) is 6.71. The van der Waals surface area contributed by atoms with E-state index in [0.29, 0.717) is 17.8 Å². The van der Waals surface area contributed by atoms with Gasteiger partial charge in [0.1, 0.15) is 5.69 Å². The highest BCUT2D eigenvalue weighted by atomic mass is 16.2. The minimum Gasteiger partial charge on any atom is -0.381 e. The fourth-order valence-electron chi connectivity index (χ4n) is 4.04. The van der Waals surface area contributed by atoms with Crippen LogP contribution in [0, 0.1) is 0 Å². The van der Waals surface area contributed by atoms with E-state index in [1.807, 2.05) is 11.0 Å². The number of rotatable bonds is 4. The van der Waals surface area contributed by atoms with Gasteiger partial charge in [-0.15, -0.1) is 0 Å². The van der Waals surface area contributed by atoms with E-state index in [9.17, 15) is 4.79 Å². The van der Waals surface area contributed by atoms with Crippen LogP contribution in [-0.4, -0.2) is 59.0 Å². The molecule has 2 fully saturated rings. The van der Waals surface area contributed by atoms with Gasteiger partial charge in [0, 0.05) is 54.9 Å². The van der Waals surface area contributed by atoms with Crippen molar-refractivity contribution in [3.8, 4) is 0 Å². The topological polar surface area (TPSA) is 51.4 Å². The second-order valence-corrected chi connectivity index (χ2v) is 7.70. The highest BCUT2D eigenvalue weighted by Crippen LogP contribution is 2.24. The summed E-state index contributed by atoms with van der Waals surface area (Å²) in [6.07, 6.45) is 3.42. The van der Waals surface area contributed by atoms with Gasteiger partial charge in [-0.3, -0.25) is 9.69 Å². The molecule has 2 aliphatic heterocycles. The molecule has 25 heavy (non-hydrogen) atoms. The van der Waals surface area contributed by atoms with Gasteiger partial charge in [0.25, 0.3) is 5.91 Å². The number of anilines is 1. The Hall–Kier alpha value is -2.01. The molecular weight excluding hydrogens is 312 g/mol. The molecule has 0 saturated carbocycles. The van der Waals surface area contributed by atoms with Crippen molar-refractivity contribution >= 4 is 22.5 Å². The summed E-state index contributed by atoms with van der Waals surface area (Å²) < 4.78 is 0. The van der Waals surface area contributed by atoms with E-state index in [1.54, 1.807) is 0 Å². The van der Waals surface area contributed by atoms with Crippen molar-refractivity contribution in [1.82, 2.24) is 14.8 Å². The van der Waals surface area contributed by atoms with Crippen molar-refractivity contribution in [1.29, 1.82) is 0 Å². The molecule has 1 unspecified atom stereocenters. The second-order valence-electron chi connectivity index (χ2n) is 7.70. The van der Waals surface area contributed by atoms with Crippen molar-refractivity contribution in [3.05, 3.63) is 30.0 Å². The van der Waals surface area contributed by atoms with Crippen molar-refractivity contribution < 1.29 is 4.79 Å². The van der Waals surface area contributed by atoms with Crippen molar-refractivity contribution in [2.45, 2.75) is 45.2 Å². The lowest BCUT2D eigenvalue weighted by atomic mass is 10.2. The number of carbonyl (C=O) groups excluding carboxylic acids is 1. The van der Waals surface area contributed by atoms with E-state index in [4.69, 9.17) is 0 Å². The number of H-pyrrole nitrogens is 1. The van der Waals surface area contributed by atoms with Crippen LogP contribution in [0.15, 0.2) is 24.3 Å². The Kier molecular flexibility index (Phi) is 4.42. The third-order valence-corrected chi connectivity index (χ3v) is 5.57. The van der Waals surface area contributed by atoms with Crippen LogP contribution in [0.3, 0.4) is 0 Å². The standard InChI is InChI=1S/C20H28N4O/c1-14(2)24-10-7-17(13-24)21-16-5-6-18-15(11-16)12-19(22-18)20(25)23-8-3-4-9-23/h5-6,11-12,14,17,21-22H,3-4,7-10,13H2,1-2H3. The van der Waals surface area contributed by atoms with E-state index in [0.717, 1.165) is 55.6 Å². The summed E-state index contributed by atoms with van der Waals surface area (Å²) in [4.78, 5) is 20.3. The first-order valence-corrected chi connectivity index (χ1v) is 9.53. The average Bonchev–Trinajstić information content (AvgIpc) is 3.34. The fourth-order valence-corrected chi connectivity index (χ4v) is 4.04. The van der Waals surface area contributed by atoms with E-state index in [1.165, 1.54) is 6.42 Å². The molecular formula is C20H28N4O. The van der Waals surface area contributed by atoms with Crippen LogP contribution < -0.4 is 5.32 Å². The normalized spacial score (nSPS) is 21.6. The molecule has 1 atom stereocenters. The summed E-state index contributed by atoms with van der Waals surface area (Å²) in [5.74, 6) is 0.131. The summed E-state index contributed by atoms with van der Waals surface area (Å²) in [5, 5.41) is 4.76. The Bertz CT molecular complexity index is 760. The maximum Gasteiger partial charge on any atom is 0.270 e. The molecule has 2 N–H and O–H groups in total. The Labute approximate surface area is 149 Å². The largest absolute Gasteiger partial charge is 0.381 e. The summed E-state index contributed by atoms with van der Waals surface area (Å²) in [7, 11) is 0. The van der Waals surface area contributed by atoms with E-state index < -0.39 is 0 Å². The molecule has 1 amide bonds. The number of nitrogens with zero attached hydrogens (tertiary/aromatic N) is 2. The number of aromatic nitrogens is 1. The van der Waals surface area contributed by atoms with Gasteiger partial charge in [-0.05, 0) is 57.4 Å². The third kappa shape index (κ3) is 3.38. The first-order valence-electron chi connectivity index (χ1n) is 9.53. The lowest BCUT2D eigenvalue weighted by Crippen LogP contribution is -2.31. The predicted molar refractivity (Wildman–Crippen MR) is 102 cm³/mol. The van der Waals surface area contributed by atoms with E-state index >= 15 is 0 Å². The first-order chi connectivity index (χ1) is 12.1. The Morgan fingerprint density at radius 2 is 2.00 bits per heavy atom. The molecule has 0 spiro atoms. The summed E-state index contributed by atoms with van der Waals surface area (Å²) >= 11 is 0. The zero-order chi connectivity index (χ0) is 17.4. The van der Waals surface area contributed by atoms with E-state index in [2.05, 4.69) is 47.2 Å². The van der Waals surface area contributed by atoms with Gasteiger partial charge in [-0.25, -0.2) is 0 Å². The quantitative estimate of drug-likeness (QED) is 0.898. The highest BCUT2D eigenvalue weighted by molar-refractivity contribution is 5.98. The number of aromatic amines is 1. The number of nitrogens with one attached hydrogen (secondary N) is 2. The number of amides is 1. The number of likely N-dealkylation sites (tertiary alicyclic amines) is 2. The molecule has 2 aliphatic rings. The van der Waals surface area contributed by atoms with Gasteiger partial charge in [-0.1, -0.05) is 0 Å². The molecule has 4 rings (SSSR count). The van der Waals surface area contributed by atoms with Crippen LogP contribution in [0.5, 0.6) is 0 Å². The third-order valence-electron chi connectivity index (χ3n) is 5.57. The van der Waals surface area contributed by atoms with Crippen LogP contribution in [-0.2, 0) is 0 Å². The fraction of sp³-hybridized carbons (Fsp3) is 0.550.